The van der Waals surface area contributed by atoms with Crippen LogP contribution in [0.15, 0.2) is 18.2 Å². The van der Waals surface area contributed by atoms with Gasteiger partial charge in [-0.1, -0.05) is 13.3 Å². The molecule has 0 aliphatic carbocycles. The molecule has 114 valence electrons. The Morgan fingerprint density at radius 3 is 2.67 bits per heavy atom. The average molecular weight is 294 g/mol. The molecule has 0 spiro atoms. The molecule has 3 N–H and O–H groups in total. The number of hydrogen-bond donors (Lipinski definition) is 3. The first-order valence-corrected chi connectivity index (χ1v) is 6.80. The van der Waals surface area contributed by atoms with Crippen molar-refractivity contribution in [2.24, 2.45) is 0 Å². The van der Waals surface area contributed by atoms with Crippen LogP contribution in [0.3, 0.4) is 0 Å². The summed E-state index contributed by atoms with van der Waals surface area (Å²) < 4.78 is 10.8. The van der Waals surface area contributed by atoms with Gasteiger partial charge in [0.2, 0.25) is 0 Å². The fourth-order valence-electron chi connectivity index (χ4n) is 1.99. The van der Waals surface area contributed by atoms with Gasteiger partial charge in [-0.2, -0.15) is 0 Å². The number of aliphatic carboxylic acids is 1. The third-order valence-corrected chi connectivity index (χ3v) is 2.98. The van der Waals surface area contributed by atoms with E-state index in [1.54, 1.807) is 18.2 Å². The highest BCUT2D eigenvalue weighted by atomic mass is 16.6. The van der Waals surface area contributed by atoms with Crippen molar-refractivity contribution >= 4 is 17.7 Å². The first kappa shape index (κ1) is 15.0. The van der Waals surface area contributed by atoms with E-state index >= 15 is 0 Å². The molecule has 7 nitrogen and oxygen atoms in total. The van der Waals surface area contributed by atoms with E-state index in [2.05, 4.69) is 10.6 Å². The molecule has 21 heavy (non-hydrogen) atoms. The Kier molecular flexibility index (Phi) is 4.86. The van der Waals surface area contributed by atoms with Gasteiger partial charge in [0.1, 0.15) is 19.3 Å². The van der Waals surface area contributed by atoms with E-state index in [-0.39, 0.29) is 0 Å². The number of urea groups is 1. The normalized spacial score (nSPS) is 14.1. The molecule has 0 fully saturated rings. The molecule has 1 heterocycles. The number of amides is 2. The Balaban J connectivity index is 1.97. The molecule has 1 aromatic carbocycles. The highest BCUT2D eigenvalue weighted by Crippen LogP contribution is 2.32. The van der Waals surface area contributed by atoms with Crippen molar-refractivity contribution in [1.29, 1.82) is 0 Å². The SMILES string of the molecule is CCC[C@H](NC(=O)Nc1ccc2c(c1)OCCO2)C(=O)O. The van der Waals surface area contributed by atoms with Gasteiger partial charge in [0.05, 0.1) is 0 Å². The maximum atomic E-state index is 11.8. The number of anilines is 1. The molecule has 0 radical (unpaired) electrons. The van der Waals surface area contributed by atoms with Crippen LogP contribution in [0.4, 0.5) is 10.5 Å². The molecule has 0 unspecified atom stereocenters. The summed E-state index contributed by atoms with van der Waals surface area (Å²) in [6.45, 7) is 2.81. The fraction of sp³-hybridized carbons (Fsp3) is 0.429. The lowest BCUT2D eigenvalue weighted by atomic mass is 10.2. The molecular formula is C14H18N2O5. The summed E-state index contributed by atoms with van der Waals surface area (Å²) in [5.41, 5.74) is 0.511. The zero-order valence-electron chi connectivity index (χ0n) is 11.7. The Labute approximate surface area is 122 Å². The molecule has 0 saturated carbocycles. The summed E-state index contributed by atoms with van der Waals surface area (Å²) in [4.78, 5) is 22.8. The maximum Gasteiger partial charge on any atom is 0.326 e. The van der Waals surface area contributed by atoms with E-state index < -0.39 is 18.0 Å². The Hall–Kier alpha value is -2.44. The van der Waals surface area contributed by atoms with Gasteiger partial charge < -0.3 is 25.2 Å². The highest BCUT2D eigenvalue weighted by Gasteiger charge is 2.19. The van der Waals surface area contributed by atoms with Gasteiger partial charge in [0.15, 0.2) is 11.5 Å². The summed E-state index contributed by atoms with van der Waals surface area (Å²) in [6, 6.07) is 3.55. The summed E-state index contributed by atoms with van der Waals surface area (Å²) in [6.07, 6.45) is 1.05. The van der Waals surface area contributed by atoms with E-state index in [9.17, 15) is 9.59 Å². The molecule has 0 bridgehead atoms. The largest absolute Gasteiger partial charge is 0.486 e. The number of carboxylic acids is 1. The van der Waals surface area contributed by atoms with Gasteiger partial charge in [-0.3, -0.25) is 0 Å². The molecule has 2 rings (SSSR count). The first-order chi connectivity index (χ1) is 10.1. The van der Waals surface area contributed by atoms with Crippen LogP contribution >= 0.6 is 0 Å². The lowest BCUT2D eigenvalue weighted by molar-refractivity contribution is -0.139. The summed E-state index contributed by atoms with van der Waals surface area (Å²) in [5, 5.41) is 14.0. The molecular weight excluding hydrogens is 276 g/mol. The van der Waals surface area contributed by atoms with Crippen LogP contribution in [0.5, 0.6) is 11.5 Å². The van der Waals surface area contributed by atoms with Crippen LogP contribution in [0, 0.1) is 0 Å². The zero-order valence-corrected chi connectivity index (χ0v) is 11.7. The minimum atomic E-state index is -1.05. The number of rotatable bonds is 5. The predicted molar refractivity (Wildman–Crippen MR) is 75.9 cm³/mol. The quantitative estimate of drug-likeness (QED) is 0.770. The molecule has 0 aromatic heterocycles. The van der Waals surface area contributed by atoms with E-state index in [1.165, 1.54) is 0 Å². The molecule has 1 aromatic rings. The number of fused-ring (bicyclic) bond motifs is 1. The maximum absolute atomic E-state index is 11.8. The molecule has 1 atom stereocenters. The number of carboxylic acid groups (broad SMARTS) is 1. The van der Waals surface area contributed by atoms with Crippen LogP contribution < -0.4 is 20.1 Å². The average Bonchev–Trinajstić information content (AvgIpc) is 2.46. The lowest BCUT2D eigenvalue weighted by Crippen LogP contribution is -2.42. The van der Waals surface area contributed by atoms with Crippen molar-refractivity contribution in [2.45, 2.75) is 25.8 Å². The zero-order chi connectivity index (χ0) is 15.2. The van der Waals surface area contributed by atoms with Crippen LogP contribution in [-0.2, 0) is 4.79 Å². The fourth-order valence-corrected chi connectivity index (χ4v) is 1.99. The number of hydrogen-bond acceptors (Lipinski definition) is 4. The van der Waals surface area contributed by atoms with Crippen LogP contribution in [0.2, 0.25) is 0 Å². The van der Waals surface area contributed by atoms with Gasteiger partial charge in [-0.15, -0.1) is 0 Å². The number of carbonyl (C=O) groups excluding carboxylic acids is 1. The van der Waals surface area contributed by atoms with Crippen molar-refractivity contribution in [1.82, 2.24) is 5.32 Å². The van der Waals surface area contributed by atoms with Crippen molar-refractivity contribution in [3.63, 3.8) is 0 Å². The van der Waals surface area contributed by atoms with Gasteiger partial charge in [-0.05, 0) is 18.6 Å². The van der Waals surface area contributed by atoms with Crippen LogP contribution in [0.1, 0.15) is 19.8 Å². The Morgan fingerprint density at radius 1 is 1.29 bits per heavy atom. The topological polar surface area (TPSA) is 96.9 Å². The van der Waals surface area contributed by atoms with Crippen LogP contribution in [-0.4, -0.2) is 36.4 Å². The number of benzene rings is 1. The Morgan fingerprint density at radius 2 is 2.00 bits per heavy atom. The molecule has 0 saturated heterocycles. The predicted octanol–water partition coefficient (Wildman–Crippen LogP) is 1.83. The van der Waals surface area contributed by atoms with Crippen molar-refractivity contribution in [3.05, 3.63) is 18.2 Å². The second-order valence-electron chi connectivity index (χ2n) is 4.64. The number of ether oxygens (including phenoxy) is 2. The number of nitrogens with one attached hydrogen (secondary N) is 2. The third kappa shape index (κ3) is 4.01. The van der Waals surface area contributed by atoms with Gasteiger partial charge in [0, 0.05) is 11.8 Å². The second-order valence-corrected chi connectivity index (χ2v) is 4.64. The Bertz CT molecular complexity index is 532. The highest BCUT2D eigenvalue weighted by molar-refractivity contribution is 5.92. The van der Waals surface area contributed by atoms with Crippen molar-refractivity contribution < 1.29 is 24.2 Å². The molecule has 1 aliphatic heterocycles. The lowest BCUT2D eigenvalue weighted by Gasteiger charge is -2.19. The van der Waals surface area contributed by atoms with Gasteiger partial charge in [-0.25, -0.2) is 9.59 Å². The number of carbonyl (C=O) groups is 2. The van der Waals surface area contributed by atoms with E-state index in [1.807, 2.05) is 6.92 Å². The molecule has 7 heteroatoms. The minimum Gasteiger partial charge on any atom is -0.486 e. The third-order valence-electron chi connectivity index (χ3n) is 2.98. The monoisotopic (exact) mass is 294 g/mol. The molecule has 2 amide bonds. The van der Waals surface area contributed by atoms with Gasteiger partial charge >= 0.3 is 12.0 Å². The summed E-state index contributed by atoms with van der Waals surface area (Å²) in [7, 11) is 0. The van der Waals surface area contributed by atoms with E-state index in [0.717, 1.165) is 0 Å². The van der Waals surface area contributed by atoms with Crippen molar-refractivity contribution in [2.75, 3.05) is 18.5 Å². The smallest absolute Gasteiger partial charge is 0.326 e. The van der Waals surface area contributed by atoms with Crippen molar-refractivity contribution in [3.8, 4) is 11.5 Å². The van der Waals surface area contributed by atoms with E-state index in [4.69, 9.17) is 14.6 Å². The van der Waals surface area contributed by atoms with Gasteiger partial charge in [0.25, 0.3) is 0 Å². The summed E-state index contributed by atoms with van der Waals surface area (Å²) in [5.74, 6) is 0.137. The second kappa shape index (κ2) is 6.83. The minimum absolute atomic E-state index is 0.379. The van der Waals surface area contributed by atoms with E-state index in [0.29, 0.717) is 43.2 Å². The first-order valence-electron chi connectivity index (χ1n) is 6.80. The standard InChI is InChI=1S/C14H18N2O5/c1-2-3-10(13(17)18)16-14(19)15-9-4-5-11-12(8-9)21-7-6-20-11/h4-5,8,10H,2-3,6-7H2,1H3,(H,17,18)(H2,15,16,19)/t10-/m0/s1. The van der Waals surface area contributed by atoms with Crippen LogP contribution in [0.25, 0.3) is 0 Å². The summed E-state index contributed by atoms with van der Waals surface area (Å²) >= 11 is 0. The molecule has 1 aliphatic rings.